The zero-order chi connectivity index (χ0) is 27.7. The summed E-state index contributed by atoms with van der Waals surface area (Å²) in [6.07, 6.45) is 0. The van der Waals surface area contributed by atoms with Gasteiger partial charge in [-0.3, -0.25) is 0 Å². The zero-order valence-electron chi connectivity index (χ0n) is 22.2. The molecule has 39 heavy (non-hydrogen) atoms. The molecular formula is C27H44N8O4. The van der Waals surface area contributed by atoms with Crippen LogP contribution in [0.3, 0.4) is 0 Å². The Kier molecular flexibility index (Phi) is 12.3. The van der Waals surface area contributed by atoms with Crippen molar-refractivity contribution in [2.24, 2.45) is 0 Å². The number of carboxylic acids is 1. The lowest BCUT2D eigenvalue weighted by Crippen LogP contribution is -2.44. The maximum absolute atomic E-state index is 9.16. The average Bonchev–Trinajstić information content (AvgIpc) is 3.36. The van der Waals surface area contributed by atoms with Gasteiger partial charge >= 0.3 is 5.97 Å². The van der Waals surface area contributed by atoms with E-state index in [2.05, 4.69) is 49.7 Å². The van der Waals surface area contributed by atoms with Crippen LogP contribution in [0.5, 0.6) is 0 Å². The van der Waals surface area contributed by atoms with Crippen molar-refractivity contribution in [1.82, 2.24) is 19.8 Å². The number of H-pyrrole nitrogens is 1. The smallest absolute Gasteiger partial charge is 0.329 e. The number of anilines is 4. The minimum absolute atomic E-state index is 0. The van der Waals surface area contributed by atoms with Crippen molar-refractivity contribution in [3.05, 3.63) is 42.2 Å². The SMILES string of the molecule is C.CN1CCN(c2cccc(N)c2N)CC1.CN1CCN(c2cccc3[nH]c(CO)nc23)CC1.O=C(O)CO. The number of nitrogens with one attached hydrogen (secondary N) is 1. The number of nitrogens with two attached hydrogens (primary N) is 2. The first kappa shape index (κ1) is 31.6. The molecule has 0 unspecified atom stereocenters. The summed E-state index contributed by atoms with van der Waals surface area (Å²) < 4.78 is 0. The van der Waals surface area contributed by atoms with Gasteiger partial charge in [0.25, 0.3) is 0 Å². The van der Waals surface area contributed by atoms with E-state index in [0.29, 0.717) is 17.2 Å². The highest BCUT2D eigenvalue weighted by atomic mass is 16.4. The summed E-state index contributed by atoms with van der Waals surface area (Å²) in [5, 5.41) is 24.2. The van der Waals surface area contributed by atoms with Gasteiger partial charge in [0, 0.05) is 52.4 Å². The zero-order valence-corrected chi connectivity index (χ0v) is 22.2. The molecule has 5 rings (SSSR count). The number of para-hydroxylation sites is 2. The number of carbonyl (C=O) groups is 1. The Bertz CT molecular complexity index is 1170. The predicted octanol–water partition coefficient (Wildman–Crippen LogP) is 1.11. The molecule has 12 heteroatoms. The number of piperazine rings is 2. The van der Waals surface area contributed by atoms with Crippen LogP contribution < -0.4 is 21.3 Å². The van der Waals surface area contributed by atoms with Crippen LogP contribution in [-0.2, 0) is 11.4 Å². The van der Waals surface area contributed by atoms with Crippen LogP contribution in [0.15, 0.2) is 36.4 Å². The molecule has 2 saturated heterocycles. The molecule has 2 fully saturated rings. The molecule has 8 N–H and O–H groups in total. The Hall–Kier alpha value is -3.58. The second-order valence-electron chi connectivity index (χ2n) is 9.43. The van der Waals surface area contributed by atoms with E-state index in [1.807, 2.05) is 30.3 Å². The van der Waals surface area contributed by atoms with E-state index in [1.165, 1.54) is 0 Å². The van der Waals surface area contributed by atoms with Gasteiger partial charge in [0.15, 0.2) is 0 Å². The first-order chi connectivity index (χ1) is 18.2. The monoisotopic (exact) mass is 544 g/mol. The van der Waals surface area contributed by atoms with E-state index in [9.17, 15) is 0 Å². The lowest BCUT2D eigenvalue weighted by atomic mass is 10.2. The largest absolute Gasteiger partial charge is 0.480 e. The number of aromatic amines is 1. The van der Waals surface area contributed by atoms with Crippen LogP contribution >= 0.6 is 0 Å². The summed E-state index contributed by atoms with van der Waals surface area (Å²) in [6, 6.07) is 12.0. The van der Waals surface area contributed by atoms with Gasteiger partial charge in [-0.1, -0.05) is 19.6 Å². The highest BCUT2D eigenvalue weighted by Crippen LogP contribution is 2.29. The highest BCUT2D eigenvalue weighted by molar-refractivity contribution is 5.89. The Morgan fingerprint density at radius 3 is 1.87 bits per heavy atom. The van der Waals surface area contributed by atoms with Gasteiger partial charge < -0.3 is 51.4 Å². The number of aliphatic hydroxyl groups is 2. The van der Waals surface area contributed by atoms with Crippen molar-refractivity contribution in [2.75, 3.05) is 94.3 Å². The number of aromatic nitrogens is 2. The molecule has 3 aromatic rings. The summed E-state index contributed by atoms with van der Waals surface area (Å²) in [7, 11) is 4.29. The number of aliphatic carboxylic acids is 1. The number of imidazole rings is 1. The van der Waals surface area contributed by atoms with Gasteiger partial charge in [-0.25, -0.2) is 9.78 Å². The minimum Gasteiger partial charge on any atom is -0.480 e. The summed E-state index contributed by atoms with van der Waals surface area (Å²) in [5.74, 6) is -0.559. The Morgan fingerprint density at radius 2 is 1.36 bits per heavy atom. The van der Waals surface area contributed by atoms with Crippen molar-refractivity contribution in [3.63, 3.8) is 0 Å². The Labute approximate surface area is 230 Å². The number of hydrogen-bond donors (Lipinski definition) is 6. The van der Waals surface area contributed by atoms with E-state index in [-0.39, 0.29) is 14.0 Å². The van der Waals surface area contributed by atoms with Crippen LogP contribution in [0.4, 0.5) is 22.7 Å². The summed E-state index contributed by atoms with van der Waals surface area (Å²) in [5.41, 5.74) is 17.3. The highest BCUT2D eigenvalue weighted by Gasteiger charge is 2.18. The fourth-order valence-corrected chi connectivity index (χ4v) is 4.34. The third-order valence-corrected chi connectivity index (χ3v) is 6.63. The number of hydrogen-bond acceptors (Lipinski definition) is 10. The molecule has 2 aliphatic heterocycles. The van der Waals surface area contributed by atoms with E-state index >= 15 is 0 Å². The van der Waals surface area contributed by atoms with Gasteiger partial charge in [0.05, 0.1) is 28.3 Å². The summed E-state index contributed by atoms with van der Waals surface area (Å²) in [4.78, 5) is 26.0. The molecule has 2 aliphatic rings. The maximum Gasteiger partial charge on any atom is 0.329 e. The molecular weight excluding hydrogens is 500 g/mol. The number of nitrogen functional groups attached to an aromatic ring is 2. The molecule has 0 saturated carbocycles. The van der Waals surface area contributed by atoms with Crippen LogP contribution in [0, 0.1) is 0 Å². The van der Waals surface area contributed by atoms with Gasteiger partial charge in [-0.2, -0.15) is 0 Å². The molecule has 2 aromatic carbocycles. The molecule has 1 aromatic heterocycles. The molecule has 0 aliphatic carbocycles. The van der Waals surface area contributed by atoms with Crippen molar-refractivity contribution in [2.45, 2.75) is 14.0 Å². The molecule has 0 atom stereocenters. The van der Waals surface area contributed by atoms with E-state index in [1.54, 1.807) is 0 Å². The lowest BCUT2D eigenvalue weighted by Gasteiger charge is -2.34. The van der Waals surface area contributed by atoms with E-state index in [4.69, 9.17) is 31.6 Å². The van der Waals surface area contributed by atoms with Crippen molar-refractivity contribution < 1.29 is 20.1 Å². The quantitative estimate of drug-likeness (QED) is 0.260. The van der Waals surface area contributed by atoms with Crippen LogP contribution in [-0.4, -0.2) is 114 Å². The second kappa shape index (κ2) is 15.1. The summed E-state index contributed by atoms with van der Waals surface area (Å²) in [6.45, 7) is 7.57. The Balaban J connectivity index is 0.000000232. The summed E-state index contributed by atoms with van der Waals surface area (Å²) >= 11 is 0. The number of nitrogens with zero attached hydrogens (tertiary/aromatic N) is 5. The molecule has 0 spiro atoms. The molecule has 0 radical (unpaired) electrons. The number of carboxylic acid groups (broad SMARTS) is 1. The number of benzene rings is 2. The van der Waals surface area contributed by atoms with Crippen LogP contribution in [0.1, 0.15) is 13.3 Å². The maximum atomic E-state index is 9.16. The minimum atomic E-state index is -1.19. The molecule has 216 valence electrons. The molecule has 0 bridgehead atoms. The number of likely N-dealkylation sites (N-methyl/N-ethyl adjacent to an activating group) is 2. The van der Waals surface area contributed by atoms with Crippen molar-refractivity contribution in [1.29, 1.82) is 0 Å². The number of fused-ring (bicyclic) bond motifs is 1. The normalized spacial score (nSPS) is 16.0. The van der Waals surface area contributed by atoms with E-state index < -0.39 is 12.6 Å². The first-order valence-corrected chi connectivity index (χ1v) is 12.7. The topological polar surface area (TPSA) is 171 Å². The van der Waals surface area contributed by atoms with Crippen molar-refractivity contribution in [3.8, 4) is 0 Å². The van der Waals surface area contributed by atoms with E-state index in [0.717, 1.165) is 74.8 Å². The van der Waals surface area contributed by atoms with Crippen LogP contribution in [0.2, 0.25) is 0 Å². The van der Waals surface area contributed by atoms with Gasteiger partial charge in [-0.05, 0) is 38.4 Å². The van der Waals surface area contributed by atoms with Crippen LogP contribution in [0.25, 0.3) is 11.0 Å². The fourth-order valence-electron chi connectivity index (χ4n) is 4.34. The molecule has 3 heterocycles. The number of aliphatic hydroxyl groups excluding tert-OH is 2. The van der Waals surface area contributed by atoms with Crippen molar-refractivity contribution >= 4 is 39.8 Å². The molecule has 12 nitrogen and oxygen atoms in total. The fraction of sp³-hybridized carbons (Fsp3) is 0.481. The van der Waals surface area contributed by atoms with Gasteiger partial charge in [-0.15, -0.1) is 0 Å². The lowest BCUT2D eigenvalue weighted by molar-refractivity contribution is -0.140. The third-order valence-electron chi connectivity index (χ3n) is 6.63. The first-order valence-electron chi connectivity index (χ1n) is 12.7. The van der Waals surface area contributed by atoms with Gasteiger partial charge in [0.1, 0.15) is 24.6 Å². The third kappa shape index (κ3) is 8.72. The second-order valence-corrected chi connectivity index (χ2v) is 9.43. The average molecular weight is 545 g/mol. The Morgan fingerprint density at radius 1 is 0.872 bits per heavy atom. The molecule has 0 amide bonds. The van der Waals surface area contributed by atoms with Gasteiger partial charge in [0.2, 0.25) is 0 Å². The standard InChI is InChI=1S/C13H18N4O.C11H18N4.C2H4O3.CH4/c1-16-5-7-17(8-6-16)11-4-2-3-10-13(11)15-12(9-18)14-10;1-14-5-7-15(8-6-14)10-4-2-3-9(12)11(10)13;3-1-2(4)5;/h2-4,18H,5-9H2,1H3,(H,14,15);2-4H,5-8,12-13H2,1H3;3H,1H2,(H,4,5);1H4. The number of rotatable bonds is 4. The predicted molar refractivity (Wildman–Crippen MR) is 158 cm³/mol.